The summed E-state index contributed by atoms with van der Waals surface area (Å²) < 4.78 is 5.32. The summed E-state index contributed by atoms with van der Waals surface area (Å²) in [6, 6.07) is 7.09. The summed E-state index contributed by atoms with van der Waals surface area (Å²) in [4.78, 5) is 29.0. The van der Waals surface area contributed by atoms with Crippen molar-refractivity contribution >= 4 is 11.8 Å². The second-order valence-corrected chi connectivity index (χ2v) is 10.5. The quantitative estimate of drug-likeness (QED) is 0.0726. The van der Waals surface area contributed by atoms with Gasteiger partial charge in [0.2, 0.25) is 0 Å². The van der Waals surface area contributed by atoms with Crippen molar-refractivity contribution in [2.75, 3.05) is 0 Å². The van der Waals surface area contributed by atoms with E-state index in [2.05, 4.69) is 11.8 Å². The average Bonchev–Trinajstić information content (AvgIpc) is 3.18. The van der Waals surface area contributed by atoms with Crippen molar-refractivity contribution in [3.05, 3.63) is 47.5 Å². The summed E-state index contributed by atoms with van der Waals surface area (Å²) in [5.74, 6) is -0.174. The summed E-state index contributed by atoms with van der Waals surface area (Å²) in [7, 11) is 0. The summed E-state index contributed by atoms with van der Waals surface area (Å²) >= 11 is 0. The number of aliphatic hydroxyl groups is 2. The highest BCUT2D eigenvalue weighted by atomic mass is 17.1. The number of carbonyl (C=O) groups is 2. The molecule has 1 saturated carbocycles. The molecule has 0 aliphatic heterocycles. The summed E-state index contributed by atoms with van der Waals surface area (Å²) in [6.45, 7) is 2.26. The second kappa shape index (κ2) is 19.0. The van der Waals surface area contributed by atoms with Gasteiger partial charge in [-0.05, 0) is 61.5 Å². The molecule has 0 heterocycles. The third-order valence-corrected chi connectivity index (χ3v) is 7.40. The molecular weight excluding hydrogens is 502 g/mol. The van der Waals surface area contributed by atoms with Crippen molar-refractivity contribution in [1.29, 1.82) is 0 Å². The molecule has 220 valence electrons. The predicted octanol–water partition coefficient (Wildman–Crippen LogP) is 5.43. The Labute approximate surface area is 232 Å². The Balaban J connectivity index is 1.64. The van der Waals surface area contributed by atoms with Gasteiger partial charge in [0, 0.05) is 19.3 Å². The minimum Gasteiger partial charge on any atom is -0.461 e. The molecule has 0 aromatic heterocycles. The van der Waals surface area contributed by atoms with E-state index in [1.807, 2.05) is 12.2 Å². The number of aliphatic hydroxyl groups excluding tert-OH is 2. The van der Waals surface area contributed by atoms with E-state index in [0.29, 0.717) is 50.5 Å². The van der Waals surface area contributed by atoms with Gasteiger partial charge in [0.25, 0.3) is 0 Å². The van der Waals surface area contributed by atoms with Crippen LogP contribution in [-0.2, 0) is 32.4 Å². The molecule has 0 unspecified atom stereocenters. The Morgan fingerprint density at radius 1 is 0.923 bits per heavy atom. The number of hydrogen-bond donors (Lipinski definition) is 4. The van der Waals surface area contributed by atoms with Crippen molar-refractivity contribution in [3.63, 3.8) is 0 Å². The largest absolute Gasteiger partial charge is 0.461 e. The fourth-order valence-corrected chi connectivity index (χ4v) is 5.20. The van der Waals surface area contributed by atoms with Crippen LogP contribution < -0.4 is 0 Å². The number of Topliss-reactive ketones (excluding diaryl/α,β-unsaturated/α-hetero) is 1. The van der Waals surface area contributed by atoms with E-state index in [0.717, 1.165) is 18.4 Å². The highest BCUT2D eigenvalue weighted by Gasteiger charge is 2.40. The van der Waals surface area contributed by atoms with Crippen LogP contribution in [0.2, 0.25) is 0 Å². The van der Waals surface area contributed by atoms with E-state index in [1.54, 1.807) is 24.3 Å². The molecule has 0 spiro atoms. The second-order valence-electron chi connectivity index (χ2n) is 10.5. The average molecular weight is 550 g/mol. The van der Waals surface area contributed by atoms with E-state index < -0.39 is 12.2 Å². The fourth-order valence-electron chi connectivity index (χ4n) is 5.20. The number of carbonyl (C=O) groups excluding carboxylic acids is 2. The molecule has 0 bridgehead atoms. The first-order valence-electron chi connectivity index (χ1n) is 14.4. The third kappa shape index (κ3) is 13.7. The number of ketones is 1. The first-order chi connectivity index (χ1) is 18.8. The molecule has 0 radical (unpaired) electrons. The standard InChI is InChI=1S/C30H47NO8/c1-2-3-4-5-8-14-25(32)17-18-27-26(28(33)20-29(27)34)15-9-6-7-10-16-30(35)38-21-23-12-11-13-24(19-23)22-39-31(36)37/h6,9,11-13,19,26-29,33-34,36-37H,2-5,7-8,10,14-18,20-22H2,1H3/b9-6-/t26-,27-,28+,29-/m1/s1. The number of esters is 1. The van der Waals surface area contributed by atoms with E-state index in [1.165, 1.54) is 19.3 Å². The lowest BCUT2D eigenvalue weighted by Gasteiger charge is -2.22. The van der Waals surface area contributed by atoms with Gasteiger partial charge in [0.1, 0.15) is 12.4 Å². The van der Waals surface area contributed by atoms with Gasteiger partial charge in [-0.3, -0.25) is 20.0 Å². The molecule has 2 rings (SSSR count). The molecule has 4 N–H and O–H groups in total. The number of ether oxygens (including phenoxy) is 1. The third-order valence-electron chi connectivity index (χ3n) is 7.40. The molecule has 0 amide bonds. The number of nitrogens with zero attached hydrogens (tertiary/aromatic N) is 1. The minimum absolute atomic E-state index is 0.0317. The van der Waals surface area contributed by atoms with Gasteiger partial charge in [-0.1, -0.05) is 69.0 Å². The maximum Gasteiger partial charge on any atom is 0.306 e. The van der Waals surface area contributed by atoms with Crippen molar-refractivity contribution in [3.8, 4) is 0 Å². The van der Waals surface area contributed by atoms with E-state index in [9.17, 15) is 19.8 Å². The Morgan fingerprint density at radius 2 is 1.64 bits per heavy atom. The topological polar surface area (TPSA) is 137 Å². The van der Waals surface area contributed by atoms with Gasteiger partial charge in [-0.25, -0.2) is 4.84 Å². The van der Waals surface area contributed by atoms with Crippen LogP contribution in [0, 0.1) is 11.8 Å². The molecule has 0 saturated heterocycles. The molecule has 1 aromatic carbocycles. The molecule has 9 heteroatoms. The van der Waals surface area contributed by atoms with Crippen molar-refractivity contribution in [2.45, 2.75) is 116 Å². The van der Waals surface area contributed by atoms with Gasteiger partial charge in [0.05, 0.1) is 24.2 Å². The van der Waals surface area contributed by atoms with Crippen LogP contribution in [0.1, 0.15) is 102 Å². The zero-order valence-corrected chi connectivity index (χ0v) is 23.2. The molecule has 1 aliphatic rings. The molecule has 4 atom stereocenters. The van der Waals surface area contributed by atoms with Crippen LogP contribution in [0.5, 0.6) is 0 Å². The maximum absolute atomic E-state index is 12.3. The molecule has 1 aliphatic carbocycles. The predicted molar refractivity (Wildman–Crippen MR) is 145 cm³/mol. The highest BCUT2D eigenvalue weighted by Crippen LogP contribution is 2.38. The monoisotopic (exact) mass is 549 g/mol. The SMILES string of the molecule is CCCCCCCC(=O)CC[C@@H]1[C@@H](C/C=C\CCCC(=O)OCc2cccc(CON(O)O)c2)[C@@H](O)C[C@H]1O. The van der Waals surface area contributed by atoms with Gasteiger partial charge in [-0.15, -0.1) is 0 Å². The number of rotatable bonds is 20. The van der Waals surface area contributed by atoms with Crippen LogP contribution in [0.4, 0.5) is 0 Å². The lowest BCUT2D eigenvalue weighted by atomic mass is 9.86. The van der Waals surface area contributed by atoms with Gasteiger partial charge >= 0.3 is 5.97 Å². The van der Waals surface area contributed by atoms with E-state index in [-0.39, 0.29) is 48.6 Å². The van der Waals surface area contributed by atoms with Crippen LogP contribution in [0.3, 0.4) is 0 Å². The van der Waals surface area contributed by atoms with Crippen LogP contribution in [-0.4, -0.2) is 50.0 Å². The zero-order valence-electron chi connectivity index (χ0n) is 23.2. The Bertz CT molecular complexity index is 874. The molecule has 9 nitrogen and oxygen atoms in total. The van der Waals surface area contributed by atoms with E-state index in [4.69, 9.17) is 15.2 Å². The molecule has 1 aromatic rings. The lowest BCUT2D eigenvalue weighted by Crippen LogP contribution is -2.22. The smallest absolute Gasteiger partial charge is 0.306 e. The van der Waals surface area contributed by atoms with Crippen LogP contribution in [0.15, 0.2) is 36.4 Å². The number of allylic oxidation sites excluding steroid dienone is 2. The first-order valence-corrected chi connectivity index (χ1v) is 14.4. The zero-order chi connectivity index (χ0) is 28.5. The Kier molecular flexibility index (Phi) is 16.1. The number of unbranched alkanes of at least 4 members (excludes halogenated alkanes) is 5. The van der Waals surface area contributed by atoms with Crippen LogP contribution in [0.25, 0.3) is 0 Å². The highest BCUT2D eigenvalue weighted by molar-refractivity contribution is 5.78. The normalized spacial score (nSPS) is 21.2. The first kappa shape index (κ1) is 33.1. The van der Waals surface area contributed by atoms with Crippen LogP contribution >= 0.6 is 0 Å². The van der Waals surface area contributed by atoms with Gasteiger partial charge in [0.15, 0.2) is 0 Å². The maximum atomic E-state index is 12.3. The fraction of sp³-hybridized carbons (Fsp3) is 0.667. The molecule has 1 fully saturated rings. The number of hydrogen-bond acceptors (Lipinski definition) is 9. The van der Waals surface area contributed by atoms with Crippen molar-refractivity contribution < 1.29 is 39.8 Å². The van der Waals surface area contributed by atoms with Gasteiger partial charge < -0.3 is 14.9 Å². The lowest BCUT2D eigenvalue weighted by molar-refractivity contribution is -0.497. The summed E-state index contributed by atoms with van der Waals surface area (Å²) in [5, 5.41) is 37.8. The van der Waals surface area contributed by atoms with Crippen molar-refractivity contribution in [2.24, 2.45) is 11.8 Å². The number of benzene rings is 1. The summed E-state index contributed by atoms with van der Waals surface area (Å²) in [5.41, 5.74) is 1.47. The Hall–Kier alpha value is -2.14. The Morgan fingerprint density at radius 3 is 2.38 bits per heavy atom. The molecule has 39 heavy (non-hydrogen) atoms. The summed E-state index contributed by atoms with van der Waals surface area (Å²) in [6.07, 6.45) is 12.8. The molecular formula is C30H47NO8. The van der Waals surface area contributed by atoms with Gasteiger partial charge in [-0.2, -0.15) is 0 Å². The van der Waals surface area contributed by atoms with Crippen molar-refractivity contribution in [1.82, 2.24) is 5.39 Å². The minimum atomic E-state index is -0.571. The van der Waals surface area contributed by atoms with E-state index >= 15 is 0 Å².